The Morgan fingerprint density at radius 3 is 2.88 bits per heavy atom. The smallest absolute Gasteiger partial charge is 0.310 e. The third-order valence-electron chi connectivity index (χ3n) is 5.56. The predicted molar refractivity (Wildman–Crippen MR) is 99.7 cm³/mol. The number of nitrogens with one attached hydrogen (secondary N) is 1. The Labute approximate surface area is 154 Å². The molecule has 0 aliphatic heterocycles. The molecule has 1 amide bonds. The number of amides is 1. The van der Waals surface area contributed by atoms with Crippen LogP contribution in [0.3, 0.4) is 0 Å². The van der Waals surface area contributed by atoms with Gasteiger partial charge in [0.25, 0.3) is 5.91 Å². The predicted octanol–water partition coefficient (Wildman–Crippen LogP) is 3.77. The van der Waals surface area contributed by atoms with Crippen molar-refractivity contribution in [3.8, 4) is 0 Å². The van der Waals surface area contributed by atoms with E-state index in [0.29, 0.717) is 11.8 Å². The second-order valence-corrected chi connectivity index (χ2v) is 7.54. The molecule has 1 aromatic carbocycles. The lowest BCUT2D eigenvalue weighted by Crippen LogP contribution is -2.45. The molecular weight excluding hydrogens is 330 g/mol. The average Bonchev–Trinajstić information content (AvgIpc) is 2.99. The molecule has 3 rings (SSSR count). The lowest BCUT2D eigenvalue weighted by molar-refractivity contribution is -0.148. The molecule has 0 bridgehead atoms. The minimum absolute atomic E-state index is 0.0974. The summed E-state index contributed by atoms with van der Waals surface area (Å²) in [4.78, 5) is 24.2. The Bertz CT molecular complexity index is 794. The number of furan rings is 1. The van der Waals surface area contributed by atoms with Crippen molar-refractivity contribution in [3.63, 3.8) is 0 Å². The van der Waals surface area contributed by atoms with Crippen molar-refractivity contribution in [1.29, 1.82) is 0 Å². The van der Waals surface area contributed by atoms with Gasteiger partial charge in [0.2, 0.25) is 0 Å². The molecule has 0 radical (unpaired) electrons. The molecule has 0 unspecified atom stereocenters. The quantitative estimate of drug-likeness (QED) is 0.827. The summed E-state index contributed by atoms with van der Waals surface area (Å²) >= 11 is 0. The maximum absolute atomic E-state index is 12.1. The summed E-state index contributed by atoms with van der Waals surface area (Å²) in [5.41, 5.74) is 2.63. The molecule has 0 saturated heterocycles. The van der Waals surface area contributed by atoms with E-state index in [4.69, 9.17) is 9.15 Å². The van der Waals surface area contributed by atoms with Crippen molar-refractivity contribution in [2.75, 3.05) is 6.61 Å². The molecular formula is C21H27NO4. The summed E-state index contributed by atoms with van der Waals surface area (Å²) in [6.07, 6.45) is 5.01. The highest BCUT2D eigenvalue weighted by atomic mass is 16.5. The Morgan fingerprint density at radius 1 is 1.27 bits per heavy atom. The summed E-state index contributed by atoms with van der Waals surface area (Å²) in [5.74, 6) is 0.407. The topological polar surface area (TPSA) is 68.5 Å². The highest BCUT2D eigenvalue weighted by Crippen LogP contribution is 2.29. The second-order valence-electron chi connectivity index (χ2n) is 7.54. The highest BCUT2D eigenvalue weighted by Gasteiger charge is 2.28. The number of benzene rings is 1. The van der Waals surface area contributed by atoms with E-state index in [1.807, 2.05) is 25.1 Å². The first kappa shape index (κ1) is 18.5. The van der Waals surface area contributed by atoms with Gasteiger partial charge in [-0.05, 0) is 36.8 Å². The van der Waals surface area contributed by atoms with Crippen LogP contribution in [-0.2, 0) is 20.7 Å². The summed E-state index contributed by atoms with van der Waals surface area (Å²) in [5, 5.41) is 3.92. The number of aryl methyl sites for hydroxylation is 1. The molecule has 140 valence electrons. The zero-order valence-electron chi connectivity index (χ0n) is 15.7. The number of fused-ring (bicyclic) bond motifs is 1. The molecule has 1 N–H and O–H groups in total. The van der Waals surface area contributed by atoms with Gasteiger partial charge in [0, 0.05) is 17.0 Å². The molecule has 1 aliphatic rings. The van der Waals surface area contributed by atoms with E-state index in [0.717, 1.165) is 34.9 Å². The van der Waals surface area contributed by atoms with Gasteiger partial charge in [-0.15, -0.1) is 0 Å². The number of rotatable bonds is 5. The van der Waals surface area contributed by atoms with E-state index in [9.17, 15) is 9.59 Å². The largest absolute Gasteiger partial charge is 0.464 e. The molecule has 1 saturated carbocycles. The van der Waals surface area contributed by atoms with Crippen LogP contribution in [0.15, 0.2) is 28.9 Å². The summed E-state index contributed by atoms with van der Waals surface area (Å²) in [7, 11) is 0. The van der Waals surface area contributed by atoms with Gasteiger partial charge in [-0.1, -0.05) is 38.8 Å². The van der Waals surface area contributed by atoms with Crippen molar-refractivity contribution in [3.05, 3.63) is 35.6 Å². The van der Waals surface area contributed by atoms with Crippen LogP contribution < -0.4 is 5.32 Å². The lowest BCUT2D eigenvalue weighted by atomic mass is 9.78. The van der Waals surface area contributed by atoms with Gasteiger partial charge in [0.05, 0.1) is 12.7 Å². The first-order valence-electron chi connectivity index (χ1n) is 9.35. The molecule has 1 aromatic heterocycles. The third-order valence-corrected chi connectivity index (χ3v) is 5.56. The van der Waals surface area contributed by atoms with E-state index in [-0.39, 0.29) is 25.0 Å². The van der Waals surface area contributed by atoms with Gasteiger partial charge in [0.1, 0.15) is 5.58 Å². The lowest BCUT2D eigenvalue weighted by Gasteiger charge is -2.34. The molecule has 26 heavy (non-hydrogen) atoms. The minimum Gasteiger partial charge on any atom is -0.464 e. The van der Waals surface area contributed by atoms with Gasteiger partial charge in [-0.3, -0.25) is 9.59 Å². The number of hydrogen-bond donors (Lipinski definition) is 1. The summed E-state index contributed by atoms with van der Waals surface area (Å²) in [6, 6.07) is 6.02. The first-order chi connectivity index (χ1) is 12.4. The molecule has 1 heterocycles. The second kappa shape index (κ2) is 7.94. The van der Waals surface area contributed by atoms with Crippen molar-refractivity contribution in [1.82, 2.24) is 5.32 Å². The van der Waals surface area contributed by atoms with Gasteiger partial charge in [-0.2, -0.15) is 0 Å². The van der Waals surface area contributed by atoms with E-state index >= 15 is 0 Å². The molecule has 3 atom stereocenters. The number of esters is 1. The van der Waals surface area contributed by atoms with Crippen LogP contribution in [0.4, 0.5) is 0 Å². The van der Waals surface area contributed by atoms with Crippen LogP contribution in [0.25, 0.3) is 11.0 Å². The molecule has 5 nitrogen and oxygen atoms in total. The van der Waals surface area contributed by atoms with E-state index in [1.165, 1.54) is 6.42 Å². The fourth-order valence-corrected chi connectivity index (χ4v) is 3.71. The SMILES string of the molecule is Cc1ccc2c(CC(=O)OCC(=O)N[C@H]3CCC[C@@H](C)[C@@H]3C)coc2c1. The van der Waals surface area contributed by atoms with Crippen LogP contribution in [0.1, 0.15) is 44.2 Å². The van der Waals surface area contributed by atoms with Crippen LogP contribution in [-0.4, -0.2) is 24.5 Å². The highest BCUT2D eigenvalue weighted by molar-refractivity contribution is 5.87. The molecule has 1 aliphatic carbocycles. The zero-order chi connectivity index (χ0) is 18.7. The van der Waals surface area contributed by atoms with Crippen molar-refractivity contribution >= 4 is 22.8 Å². The summed E-state index contributed by atoms with van der Waals surface area (Å²) < 4.78 is 10.7. The summed E-state index contributed by atoms with van der Waals surface area (Å²) in [6.45, 7) is 6.15. The maximum atomic E-state index is 12.1. The Kier molecular flexibility index (Phi) is 5.64. The van der Waals surface area contributed by atoms with Crippen molar-refractivity contribution in [2.45, 2.75) is 52.5 Å². The number of hydrogen-bond acceptors (Lipinski definition) is 4. The number of ether oxygens (including phenoxy) is 1. The first-order valence-corrected chi connectivity index (χ1v) is 9.35. The van der Waals surface area contributed by atoms with Crippen LogP contribution >= 0.6 is 0 Å². The fraction of sp³-hybridized carbons (Fsp3) is 0.524. The van der Waals surface area contributed by atoms with Gasteiger partial charge >= 0.3 is 5.97 Å². The average molecular weight is 357 g/mol. The molecule has 0 spiro atoms. The molecule has 5 heteroatoms. The van der Waals surface area contributed by atoms with E-state index in [1.54, 1.807) is 6.26 Å². The van der Waals surface area contributed by atoms with Gasteiger partial charge < -0.3 is 14.5 Å². The van der Waals surface area contributed by atoms with Crippen molar-refractivity contribution in [2.24, 2.45) is 11.8 Å². The van der Waals surface area contributed by atoms with Crippen LogP contribution in [0.2, 0.25) is 0 Å². The Hall–Kier alpha value is -2.30. The third kappa shape index (κ3) is 4.26. The Morgan fingerprint density at radius 2 is 2.08 bits per heavy atom. The molecule has 2 aromatic rings. The van der Waals surface area contributed by atoms with Crippen molar-refractivity contribution < 1.29 is 18.7 Å². The van der Waals surface area contributed by atoms with E-state index in [2.05, 4.69) is 19.2 Å². The monoisotopic (exact) mass is 357 g/mol. The maximum Gasteiger partial charge on any atom is 0.310 e. The van der Waals surface area contributed by atoms with Crippen LogP contribution in [0, 0.1) is 18.8 Å². The number of carbonyl (C=O) groups is 2. The minimum atomic E-state index is -0.423. The van der Waals surface area contributed by atoms with Gasteiger partial charge in [0.15, 0.2) is 6.61 Å². The Balaban J connectivity index is 1.49. The van der Waals surface area contributed by atoms with Gasteiger partial charge in [-0.25, -0.2) is 0 Å². The molecule has 1 fully saturated rings. The fourth-order valence-electron chi connectivity index (χ4n) is 3.71. The normalized spacial score (nSPS) is 23.0. The zero-order valence-corrected chi connectivity index (χ0v) is 15.7. The van der Waals surface area contributed by atoms with E-state index < -0.39 is 5.97 Å². The van der Waals surface area contributed by atoms with Crippen LogP contribution in [0.5, 0.6) is 0 Å². The standard InChI is InChI=1S/C21H27NO4/c1-13-7-8-17-16(11-25-19(17)9-13)10-21(24)26-12-20(23)22-18-6-4-5-14(2)15(18)3/h7-9,11,14-15,18H,4-6,10,12H2,1-3H3,(H,22,23)/t14-,15+,18+/m1/s1. The number of carbonyl (C=O) groups excluding carboxylic acids is 2.